The van der Waals surface area contributed by atoms with Gasteiger partial charge >= 0.3 is 6.18 Å². The lowest BCUT2D eigenvalue weighted by Crippen LogP contribution is -2.52. The third-order valence-corrected chi connectivity index (χ3v) is 6.89. The maximum absolute atomic E-state index is 13.5. The largest absolute Gasteiger partial charge is 0.417 e. The zero-order valence-electron chi connectivity index (χ0n) is 20.6. The lowest BCUT2D eigenvalue weighted by atomic mass is 10.1. The molecular weight excluding hydrogens is 519 g/mol. The number of alkyl halides is 3. The van der Waals surface area contributed by atoms with E-state index < -0.39 is 51.2 Å². The van der Waals surface area contributed by atoms with Crippen LogP contribution in [0.4, 0.5) is 18.9 Å². The average Bonchev–Trinajstić information content (AvgIpc) is 2.74. The Morgan fingerprint density at radius 3 is 2.22 bits per heavy atom. The number of amides is 2. The number of halogens is 4. The predicted octanol–water partition coefficient (Wildman–Crippen LogP) is 4.38. The molecule has 0 aliphatic heterocycles. The third kappa shape index (κ3) is 7.60. The van der Waals surface area contributed by atoms with Crippen molar-refractivity contribution in [3.8, 4) is 0 Å². The fourth-order valence-corrected chi connectivity index (χ4v) is 4.52. The van der Waals surface area contributed by atoms with Crippen LogP contribution in [0.5, 0.6) is 0 Å². The van der Waals surface area contributed by atoms with E-state index in [9.17, 15) is 31.2 Å². The molecule has 7 nitrogen and oxygen atoms in total. The minimum atomic E-state index is -4.83. The maximum Gasteiger partial charge on any atom is 0.417 e. The molecule has 2 aromatic rings. The van der Waals surface area contributed by atoms with Crippen LogP contribution in [0.25, 0.3) is 0 Å². The summed E-state index contributed by atoms with van der Waals surface area (Å²) in [7, 11) is -4.19. The van der Waals surface area contributed by atoms with Crippen LogP contribution in [-0.4, -0.2) is 50.0 Å². The number of sulfonamides is 1. The molecule has 36 heavy (non-hydrogen) atoms. The van der Waals surface area contributed by atoms with Gasteiger partial charge in [-0.15, -0.1) is 0 Å². The van der Waals surface area contributed by atoms with E-state index in [0.717, 1.165) is 29.5 Å². The molecule has 0 spiro atoms. The highest BCUT2D eigenvalue weighted by atomic mass is 35.5. The zero-order chi connectivity index (χ0) is 27.4. The van der Waals surface area contributed by atoms with Gasteiger partial charge in [0.15, 0.2) is 0 Å². The van der Waals surface area contributed by atoms with Crippen molar-refractivity contribution in [1.29, 1.82) is 0 Å². The fraction of sp³-hybridized carbons (Fsp3) is 0.417. The minimum absolute atomic E-state index is 0.00971. The van der Waals surface area contributed by atoms with Gasteiger partial charge in [-0.05, 0) is 57.0 Å². The molecule has 0 saturated carbocycles. The van der Waals surface area contributed by atoms with Gasteiger partial charge in [0.05, 0.1) is 22.5 Å². The minimum Gasteiger partial charge on any atom is -0.352 e. The molecular formula is C24H29ClF3N3O4S. The van der Waals surface area contributed by atoms with Crippen LogP contribution >= 0.6 is 11.6 Å². The first kappa shape index (κ1) is 29.4. The standard InChI is InChI=1S/C24H29ClF3N3O4S/c1-15(2)29-23(33)17(4)30(13-18-9-7-6-8-16(18)3)22(32)14-31(36(5,34)35)19-10-11-21(25)20(12-19)24(26,27)28/h6-12,15,17H,13-14H2,1-5H3,(H,29,33)/t17-/m1/s1. The normalized spacial score (nSPS) is 12.8. The Hall–Kier alpha value is -2.79. The van der Waals surface area contributed by atoms with Crippen LogP contribution in [0, 0.1) is 6.92 Å². The lowest BCUT2D eigenvalue weighted by Gasteiger charge is -2.32. The molecule has 2 amide bonds. The highest BCUT2D eigenvalue weighted by molar-refractivity contribution is 7.92. The molecule has 0 heterocycles. The van der Waals surface area contributed by atoms with Gasteiger partial charge in [-0.3, -0.25) is 13.9 Å². The Kier molecular flexibility index (Phi) is 9.41. The summed E-state index contributed by atoms with van der Waals surface area (Å²) < 4.78 is 65.8. The molecule has 0 aliphatic carbocycles. The number of hydrogen-bond donors (Lipinski definition) is 1. The number of rotatable bonds is 9. The molecule has 2 rings (SSSR count). The van der Waals surface area contributed by atoms with Crippen molar-refractivity contribution in [2.24, 2.45) is 0 Å². The molecule has 0 bridgehead atoms. The van der Waals surface area contributed by atoms with Crippen LogP contribution in [0.3, 0.4) is 0 Å². The molecule has 0 fully saturated rings. The van der Waals surface area contributed by atoms with Crippen LogP contribution in [0.2, 0.25) is 5.02 Å². The van der Waals surface area contributed by atoms with E-state index in [-0.39, 0.29) is 18.3 Å². The highest BCUT2D eigenvalue weighted by Gasteiger charge is 2.35. The summed E-state index contributed by atoms with van der Waals surface area (Å²) >= 11 is 5.67. The second kappa shape index (κ2) is 11.5. The van der Waals surface area contributed by atoms with Gasteiger partial charge in [0, 0.05) is 12.6 Å². The van der Waals surface area contributed by atoms with E-state index >= 15 is 0 Å². The number of benzene rings is 2. The smallest absolute Gasteiger partial charge is 0.352 e. The summed E-state index contributed by atoms with van der Waals surface area (Å²) in [6.07, 6.45) is -4.05. The first-order chi connectivity index (χ1) is 16.5. The van der Waals surface area contributed by atoms with E-state index in [2.05, 4.69) is 5.32 Å². The van der Waals surface area contributed by atoms with Gasteiger partial charge in [0.1, 0.15) is 12.6 Å². The van der Waals surface area contributed by atoms with Crippen LogP contribution < -0.4 is 9.62 Å². The molecule has 0 unspecified atom stereocenters. The van der Waals surface area contributed by atoms with Gasteiger partial charge in [0.25, 0.3) is 0 Å². The van der Waals surface area contributed by atoms with E-state index in [1.54, 1.807) is 26.0 Å². The van der Waals surface area contributed by atoms with Crippen molar-refractivity contribution >= 4 is 39.1 Å². The van der Waals surface area contributed by atoms with E-state index in [0.29, 0.717) is 10.4 Å². The second-order valence-electron chi connectivity index (χ2n) is 8.72. The maximum atomic E-state index is 13.5. The number of nitrogens with zero attached hydrogens (tertiary/aromatic N) is 2. The van der Waals surface area contributed by atoms with Crippen molar-refractivity contribution in [3.63, 3.8) is 0 Å². The van der Waals surface area contributed by atoms with E-state index in [4.69, 9.17) is 11.6 Å². The number of carbonyl (C=O) groups is 2. The van der Waals surface area contributed by atoms with Crippen molar-refractivity contribution in [1.82, 2.24) is 10.2 Å². The van der Waals surface area contributed by atoms with Crippen molar-refractivity contribution in [2.75, 3.05) is 17.1 Å². The van der Waals surface area contributed by atoms with Crippen molar-refractivity contribution in [2.45, 2.75) is 52.5 Å². The number of anilines is 1. The third-order valence-electron chi connectivity index (χ3n) is 5.42. The predicted molar refractivity (Wildman–Crippen MR) is 133 cm³/mol. The Bertz CT molecular complexity index is 1220. The first-order valence-corrected chi connectivity index (χ1v) is 13.2. The molecule has 0 aromatic heterocycles. The van der Waals surface area contributed by atoms with Crippen molar-refractivity contribution < 1.29 is 31.2 Å². The SMILES string of the molecule is Cc1ccccc1CN(C(=O)CN(c1ccc(Cl)c(C(F)(F)F)c1)S(C)(=O)=O)[C@H](C)C(=O)NC(C)C. The number of aryl methyl sites for hydroxylation is 1. The second-order valence-corrected chi connectivity index (χ2v) is 11.0. The monoisotopic (exact) mass is 547 g/mol. The van der Waals surface area contributed by atoms with Gasteiger partial charge in [0.2, 0.25) is 21.8 Å². The quantitative estimate of drug-likeness (QED) is 0.505. The van der Waals surface area contributed by atoms with Gasteiger partial charge < -0.3 is 10.2 Å². The van der Waals surface area contributed by atoms with Gasteiger partial charge in [-0.25, -0.2) is 8.42 Å². The first-order valence-electron chi connectivity index (χ1n) is 11.0. The van der Waals surface area contributed by atoms with Crippen LogP contribution in [-0.2, 0) is 32.3 Å². The summed E-state index contributed by atoms with van der Waals surface area (Å²) in [6.45, 7) is 6.01. The van der Waals surface area contributed by atoms with E-state index in [1.165, 1.54) is 11.8 Å². The Labute approximate surface area is 214 Å². The number of hydrogen-bond acceptors (Lipinski definition) is 4. The average molecular weight is 548 g/mol. The Balaban J connectivity index is 2.50. The molecule has 1 atom stereocenters. The topological polar surface area (TPSA) is 86.8 Å². The van der Waals surface area contributed by atoms with Crippen LogP contribution in [0.1, 0.15) is 37.5 Å². The molecule has 0 radical (unpaired) electrons. The number of nitrogens with one attached hydrogen (secondary N) is 1. The molecule has 2 aromatic carbocycles. The molecule has 0 aliphatic rings. The number of carbonyl (C=O) groups excluding carboxylic acids is 2. The summed E-state index contributed by atoms with van der Waals surface area (Å²) in [5.74, 6) is -1.22. The molecule has 12 heteroatoms. The van der Waals surface area contributed by atoms with Gasteiger partial charge in [-0.2, -0.15) is 13.2 Å². The van der Waals surface area contributed by atoms with Gasteiger partial charge in [-0.1, -0.05) is 35.9 Å². The van der Waals surface area contributed by atoms with Crippen molar-refractivity contribution in [3.05, 3.63) is 64.2 Å². The molecule has 1 N–H and O–H groups in total. The zero-order valence-corrected chi connectivity index (χ0v) is 22.1. The fourth-order valence-electron chi connectivity index (χ4n) is 3.46. The summed E-state index contributed by atoms with van der Waals surface area (Å²) in [5, 5.41) is 2.11. The summed E-state index contributed by atoms with van der Waals surface area (Å²) in [4.78, 5) is 27.4. The Morgan fingerprint density at radius 2 is 1.69 bits per heavy atom. The Morgan fingerprint density at radius 1 is 1.08 bits per heavy atom. The lowest BCUT2D eigenvalue weighted by molar-refractivity contribution is -0.139. The highest BCUT2D eigenvalue weighted by Crippen LogP contribution is 2.37. The summed E-state index contributed by atoms with van der Waals surface area (Å²) in [6, 6.07) is 8.56. The molecule has 198 valence electrons. The van der Waals surface area contributed by atoms with Crippen LogP contribution in [0.15, 0.2) is 42.5 Å². The summed E-state index contributed by atoms with van der Waals surface area (Å²) in [5.41, 5.74) is -0.0343. The van der Waals surface area contributed by atoms with E-state index in [1.807, 2.05) is 19.1 Å². The molecule has 0 saturated heterocycles.